The van der Waals surface area contributed by atoms with E-state index in [1.165, 1.54) is 0 Å². The average molecular weight is 127 g/mol. The van der Waals surface area contributed by atoms with Gasteiger partial charge in [-0.2, -0.15) is 0 Å². The highest BCUT2D eigenvalue weighted by Gasteiger charge is 2.01. The number of nitrogens with two attached hydrogens (primary N) is 1. The predicted octanol–water partition coefficient (Wildman–Crippen LogP) is 1.22. The van der Waals surface area contributed by atoms with Gasteiger partial charge in [-0.05, 0) is 13.8 Å². The summed E-state index contributed by atoms with van der Waals surface area (Å²) in [7, 11) is 0. The maximum atomic E-state index is 10.8. The summed E-state index contributed by atoms with van der Waals surface area (Å²) in [6.45, 7) is 5.32. The van der Waals surface area contributed by atoms with Gasteiger partial charge in [0.1, 0.15) is 0 Å². The van der Waals surface area contributed by atoms with E-state index in [-0.39, 0.29) is 5.78 Å². The zero-order chi connectivity index (χ0) is 7.44. The van der Waals surface area contributed by atoms with Gasteiger partial charge in [-0.15, -0.1) is 0 Å². The van der Waals surface area contributed by atoms with Crippen molar-refractivity contribution in [1.29, 1.82) is 0 Å². The Morgan fingerprint density at radius 3 is 2.00 bits per heavy atom. The van der Waals surface area contributed by atoms with Crippen LogP contribution in [0.4, 0.5) is 0 Å². The number of rotatable bonds is 2. The van der Waals surface area contributed by atoms with Crippen molar-refractivity contribution in [3.63, 3.8) is 0 Å². The second kappa shape index (κ2) is 3.28. The van der Waals surface area contributed by atoms with E-state index in [9.17, 15) is 4.79 Å². The molecule has 0 bridgehead atoms. The minimum absolute atomic E-state index is 0.134. The molecule has 0 aliphatic carbocycles. The highest BCUT2D eigenvalue weighted by molar-refractivity contribution is 5.94. The molecule has 0 aliphatic rings. The lowest BCUT2D eigenvalue weighted by Gasteiger charge is -1.97. The second-order valence-corrected chi connectivity index (χ2v) is 2.08. The molecular formula is C7H13NO. The fraction of sp³-hybridized carbons (Fsp3) is 0.571. The van der Waals surface area contributed by atoms with Crippen molar-refractivity contribution in [3.05, 3.63) is 11.3 Å². The first kappa shape index (κ1) is 8.21. The van der Waals surface area contributed by atoms with Crippen LogP contribution >= 0.6 is 0 Å². The van der Waals surface area contributed by atoms with Crippen molar-refractivity contribution in [2.75, 3.05) is 0 Å². The van der Waals surface area contributed by atoms with Gasteiger partial charge in [0, 0.05) is 17.7 Å². The molecule has 0 atom stereocenters. The molecule has 0 rings (SSSR count). The monoisotopic (exact) mass is 127 g/mol. The van der Waals surface area contributed by atoms with Gasteiger partial charge < -0.3 is 5.73 Å². The molecule has 0 aromatic carbocycles. The first-order valence-corrected chi connectivity index (χ1v) is 3.05. The SMILES string of the molecule is CCC(=O)/C(C)=C(/C)N. The first-order valence-electron chi connectivity index (χ1n) is 3.05. The Morgan fingerprint density at radius 1 is 1.44 bits per heavy atom. The molecule has 0 aromatic heterocycles. The predicted molar refractivity (Wildman–Crippen MR) is 37.9 cm³/mol. The van der Waals surface area contributed by atoms with Gasteiger partial charge in [0.2, 0.25) is 0 Å². The van der Waals surface area contributed by atoms with Gasteiger partial charge >= 0.3 is 0 Å². The largest absolute Gasteiger partial charge is 0.402 e. The zero-order valence-corrected chi connectivity index (χ0v) is 6.19. The highest BCUT2D eigenvalue weighted by Crippen LogP contribution is 2.00. The van der Waals surface area contributed by atoms with Crippen LogP contribution in [0.25, 0.3) is 0 Å². The Labute approximate surface area is 55.7 Å². The van der Waals surface area contributed by atoms with E-state index in [4.69, 9.17) is 5.73 Å². The number of carbonyl (C=O) groups excluding carboxylic acids is 1. The maximum Gasteiger partial charge on any atom is 0.160 e. The van der Waals surface area contributed by atoms with Crippen molar-refractivity contribution >= 4 is 5.78 Å². The van der Waals surface area contributed by atoms with Crippen molar-refractivity contribution < 1.29 is 4.79 Å². The van der Waals surface area contributed by atoms with Crippen molar-refractivity contribution in [2.24, 2.45) is 5.73 Å². The lowest BCUT2D eigenvalue weighted by Crippen LogP contribution is -2.04. The number of carbonyl (C=O) groups is 1. The molecule has 0 amide bonds. The van der Waals surface area contributed by atoms with Crippen LogP contribution < -0.4 is 5.73 Å². The van der Waals surface area contributed by atoms with E-state index >= 15 is 0 Å². The summed E-state index contributed by atoms with van der Waals surface area (Å²) in [6, 6.07) is 0. The minimum atomic E-state index is 0.134. The Morgan fingerprint density at radius 2 is 1.89 bits per heavy atom. The molecule has 0 unspecified atom stereocenters. The normalized spacial score (nSPS) is 12.8. The Balaban J connectivity index is 4.21. The van der Waals surface area contributed by atoms with Crippen LogP contribution in [0.15, 0.2) is 11.3 Å². The zero-order valence-electron chi connectivity index (χ0n) is 6.19. The molecule has 52 valence electrons. The summed E-state index contributed by atoms with van der Waals surface area (Å²) in [5, 5.41) is 0. The third-order valence-corrected chi connectivity index (χ3v) is 1.33. The van der Waals surface area contributed by atoms with Crippen LogP contribution in [0.2, 0.25) is 0 Å². The quantitative estimate of drug-likeness (QED) is 0.567. The van der Waals surface area contributed by atoms with Crippen LogP contribution in [0.3, 0.4) is 0 Å². The van der Waals surface area contributed by atoms with Gasteiger partial charge in [0.05, 0.1) is 0 Å². The standard InChI is InChI=1S/C7H13NO/c1-4-7(9)5(2)6(3)8/h4,8H2,1-3H3/b6-5-. The van der Waals surface area contributed by atoms with Gasteiger partial charge in [0.15, 0.2) is 5.78 Å². The fourth-order valence-electron chi connectivity index (χ4n) is 0.485. The number of ketones is 1. The summed E-state index contributed by atoms with van der Waals surface area (Å²) in [6.07, 6.45) is 0.542. The molecule has 2 heteroatoms. The minimum Gasteiger partial charge on any atom is -0.402 e. The van der Waals surface area contributed by atoms with Crippen LogP contribution in [0, 0.1) is 0 Å². The molecule has 0 saturated heterocycles. The van der Waals surface area contributed by atoms with Gasteiger partial charge in [0.25, 0.3) is 0 Å². The smallest absolute Gasteiger partial charge is 0.160 e. The average Bonchev–Trinajstić information content (AvgIpc) is 1.84. The number of hydrogen-bond donors (Lipinski definition) is 1. The fourth-order valence-corrected chi connectivity index (χ4v) is 0.485. The van der Waals surface area contributed by atoms with Crippen LogP contribution in [0.5, 0.6) is 0 Å². The molecule has 0 saturated carbocycles. The van der Waals surface area contributed by atoms with Crippen LogP contribution in [-0.2, 0) is 4.79 Å². The van der Waals surface area contributed by atoms with Gasteiger partial charge in [-0.3, -0.25) is 4.79 Å². The Hall–Kier alpha value is -0.790. The van der Waals surface area contributed by atoms with Gasteiger partial charge in [-0.25, -0.2) is 0 Å². The van der Waals surface area contributed by atoms with Gasteiger partial charge in [-0.1, -0.05) is 6.92 Å². The third kappa shape index (κ3) is 2.31. The summed E-state index contributed by atoms with van der Waals surface area (Å²) in [5.41, 5.74) is 6.69. The number of hydrogen-bond acceptors (Lipinski definition) is 2. The molecule has 2 nitrogen and oxygen atoms in total. The molecule has 0 radical (unpaired) electrons. The Bertz CT molecular complexity index is 143. The van der Waals surface area contributed by atoms with E-state index in [1.807, 2.05) is 6.92 Å². The molecule has 0 fully saturated rings. The second-order valence-electron chi connectivity index (χ2n) is 2.08. The van der Waals surface area contributed by atoms with E-state index in [1.54, 1.807) is 13.8 Å². The van der Waals surface area contributed by atoms with Crippen LogP contribution in [0.1, 0.15) is 27.2 Å². The first-order chi connectivity index (χ1) is 4.09. The maximum absolute atomic E-state index is 10.8. The Kier molecular flexibility index (Phi) is 2.99. The molecular weight excluding hydrogens is 114 g/mol. The van der Waals surface area contributed by atoms with E-state index in [0.29, 0.717) is 17.7 Å². The van der Waals surface area contributed by atoms with Crippen molar-refractivity contribution in [1.82, 2.24) is 0 Å². The van der Waals surface area contributed by atoms with Crippen molar-refractivity contribution in [3.8, 4) is 0 Å². The summed E-state index contributed by atoms with van der Waals surface area (Å²) in [4.78, 5) is 10.8. The molecule has 0 aliphatic heterocycles. The topological polar surface area (TPSA) is 43.1 Å². The van der Waals surface area contributed by atoms with E-state index in [0.717, 1.165) is 0 Å². The number of Topliss-reactive ketones (excluding diaryl/α,β-unsaturated/α-hetero) is 1. The lowest BCUT2D eigenvalue weighted by molar-refractivity contribution is -0.115. The summed E-state index contributed by atoms with van der Waals surface area (Å²) in [5.74, 6) is 0.134. The highest BCUT2D eigenvalue weighted by atomic mass is 16.1. The van der Waals surface area contributed by atoms with E-state index < -0.39 is 0 Å². The molecule has 9 heavy (non-hydrogen) atoms. The van der Waals surface area contributed by atoms with E-state index in [2.05, 4.69) is 0 Å². The van der Waals surface area contributed by atoms with Crippen LogP contribution in [-0.4, -0.2) is 5.78 Å². The molecule has 0 heterocycles. The molecule has 2 N–H and O–H groups in total. The lowest BCUT2D eigenvalue weighted by atomic mass is 10.1. The van der Waals surface area contributed by atoms with Crippen molar-refractivity contribution in [2.45, 2.75) is 27.2 Å². The molecule has 0 aromatic rings. The number of allylic oxidation sites excluding steroid dienone is 2. The summed E-state index contributed by atoms with van der Waals surface area (Å²) < 4.78 is 0. The third-order valence-electron chi connectivity index (χ3n) is 1.33. The molecule has 0 spiro atoms. The summed E-state index contributed by atoms with van der Waals surface area (Å²) >= 11 is 0.